The fourth-order valence-electron chi connectivity index (χ4n) is 2.78. The summed E-state index contributed by atoms with van der Waals surface area (Å²) in [5.41, 5.74) is 3.47. The van der Waals surface area contributed by atoms with E-state index in [1.54, 1.807) is 19.9 Å². The molecule has 0 atom stereocenters. The molecule has 0 unspecified atom stereocenters. The number of nitrogens with zero attached hydrogens (tertiary/aromatic N) is 3. The van der Waals surface area contributed by atoms with Gasteiger partial charge in [-0.1, -0.05) is 41.9 Å². The van der Waals surface area contributed by atoms with Gasteiger partial charge >= 0.3 is 0 Å². The second-order valence-electron chi connectivity index (χ2n) is 6.17. The van der Waals surface area contributed by atoms with Gasteiger partial charge in [-0.25, -0.2) is 15.0 Å². The van der Waals surface area contributed by atoms with Gasteiger partial charge in [0, 0.05) is 27.2 Å². The van der Waals surface area contributed by atoms with E-state index in [4.69, 9.17) is 11.6 Å². The largest absolute Gasteiger partial charge is 0.294 e. The summed E-state index contributed by atoms with van der Waals surface area (Å²) in [7, 11) is 0. The van der Waals surface area contributed by atoms with Crippen LogP contribution >= 0.6 is 11.6 Å². The lowest BCUT2D eigenvalue weighted by molar-refractivity contribution is 1.02. The van der Waals surface area contributed by atoms with Crippen LogP contribution in [0.4, 0.5) is 11.9 Å². The molecule has 0 amide bonds. The van der Waals surface area contributed by atoms with Crippen LogP contribution in [0.25, 0.3) is 22.2 Å². The summed E-state index contributed by atoms with van der Waals surface area (Å²) in [6, 6.07) is 15.3. The molecule has 0 fully saturated rings. The third-order valence-electron chi connectivity index (χ3n) is 4.33. The molecule has 0 aliphatic carbocycles. The van der Waals surface area contributed by atoms with Gasteiger partial charge in [-0.05, 0) is 32.0 Å². The fourth-order valence-corrected chi connectivity index (χ4v) is 2.95. The molecule has 4 aromatic rings. The summed E-state index contributed by atoms with van der Waals surface area (Å²) in [6.45, 7) is 3.52. The molecule has 0 saturated carbocycles. The van der Waals surface area contributed by atoms with Gasteiger partial charge in [0.1, 0.15) is 0 Å². The molecule has 134 valence electrons. The number of aryl methyl sites for hydroxylation is 1. The molecular formula is C20H16ClN5O. The number of aromatic amines is 1. The number of anilines is 2. The molecule has 0 aliphatic heterocycles. The predicted molar refractivity (Wildman–Crippen MR) is 108 cm³/mol. The summed E-state index contributed by atoms with van der Waals surface area (Å²) in [4.78, 5) is 28.2. The zero-order valence-electron chi connectivity index (χ0n) is 14.7. The number of halogens is 1. The molecule has 0 saturated heterocycles. The van der Waals surface area contributed by atoms with E-state index in [9.17, 15) is 4.79 Å². The van der Waals surface area contributed by atoms with Crippen molar-refractivity contribution in [2.45, 2.75) is 13.8 Å². The Balaban J connectivity index is 1.87. The maximum atomic E-state index is 12.0. The van der Waals surface area contributed by atoms with E-state index < -0.39 is 0 Å². The molecule has 0 radical (unpaired) electrons. The summed E-state index contributed by atoms with van der Waals surface area (Å²) >= 11 is 6.18. The van der Waals surface area contributed by atoms with Gasteiger partial charge in [-0.3, -0.25) is 15.1 Å². The van der Waals surface area contributed by atoms with Crippen LogP contribution in [-0.4, -0.2) is 19.9 Å². The summed E-state index contributed by atoms with van der Waals surface area (Å²) in [5, 5.41) is 4.47. The number of hydrogen-bond donors (Lipinski definition) is 2. The Hall–Kier alpha value is -3.25. The average molecular weight is 378 g/mol. The minimum Gasteiger partial charge on any atom is -0.294 e. The minimum atomic E-state index is -0.194. The van der Waals surface area contributed by atoms with Gasteiger partial charge < -0.3 is 0 Å². The Labute approximate surface area is 160 Å². The van der Waals surface area contributed by atoms with Crippen LogP contribution in [0.1, 0.15) is 11.3 Å². The first-order chi connectivity index (χ1) is 13.0. The Morgan fingerprint density at radius 3 is 2.52 bits per heavy atom. The van der Waals surface area contributed by atoms with Gasteiger partial charge in [-0.2, -0.15) is 0 Å². The normalized spacial score (nSPS) is 10.9. The molecule has 27 heavy (non-hydrogen) atoms. The van der Waals surface area contributed by atoms with Crippen molar-refractivity contribution in [2.75, 3.05) is 5.32 Å². The fraction of sp³-hybridized carbons (Fsp3) is 0.100. The van der Waals surface area contributed by atoms with Crippen LogP contribution in [0.2, 0.25) is 5.02 Å². The number of H-pyrrole nitrogens is 1. The van der Waals surface area contributed by atoms with Crippen LogP contribution in [0.5, 0.6) is 0 Å². The molecular weight excluding hydrogens is 362 g/mol. The Morgan fingerprint density at radius 1 is 1.00 bits per heavy atom. The highest BCUT2D eigenvalue weighted by Crippen LogP contribution is 2.29. The monoisotopic (exact) mass is 377 g/mol. The van der Waals surface area contributed by atoms with Crippen molar-refractivity contribution >= 4 is 34.4 Å². The predicted octanol–water partition coefficient (Wildman–Crippen LogP) is 4.39. The summed E-state index contributed by atoms with van der Waals surface area (Å²) < 4.78 is 0. The number of aromatic nitrogens is 4. The smallest absolute Gasteiger partial charge is 0.255 e. The molecule has 0 spiro atoms. The van der Waals surface area contributed by atoms with Crippen molar-refractivity contribution in [2.24, 2.45) is 0 Å². The van der Waals surface area contributed by atoms with Gasteiger partial charge in [0.25, 0.3) is 5.56 Å². The summed E-state index contributed by atoms with van der Waals surface area (Å²) in [6.07, 6.45) is 0. The third kappa shape index (κ3) is 3.39. The average Bonchev–Trinajstić information content (AvgIpc) is 2.66. The zero-order valence-corrected chi connectivity index (χ0v) is 15.5. The number of benzene rings is 2. The van der Waals surface area contributed by atoms with Crippen LogP contribution in [0.15, 0.2) is 53.3 Å². The van der Waals surface area contributed by atoms with Crippen molar-refractivity contribution in [1.82, 2.24) is 19.9 Å². The van der Waals surface area contributed by atoms with Crippen LogP contribution in [0, 0.1) is 13.8 Å². The SMILES string of the molecule is Cc1nc(Nc2nc(-c3ccccc3)c3cc(Cl)ccc3n2)[nH]c(=O)c1C. The minimum absolute atomic E-state index is 0.194. The van der Waals surface area contributed by atoms with E-state index in [0.717, 1.165) is 22.2 Å². The molecule has 2 aromatic carbocycles. The molecule has 7 heteroatoms. The molecule has 4 rings (SSSR count). The number of hydrogen-bond acceptors (Lipinski definition) is 5. The summed E-state index contributed by atoms with van der Waals surface area (Å²) in [5.74, 6) is 0.644. The Kier molecular flexibility index (Phi) is 4.33. The van der Waals surface area contributed by atoms with E-state index in [0.29, 0.717) is 28.2 Å². The van der Waals surface area contributed by atoms with Gasteiger partial charge in [0.05, 0.1) is 11.2 Å². The molecule has 0 bridgehead atoms. The standard InChI is InChI=1S/C20H16ClN5O/c1-11-12(2)22-19(25-18(11)27)26-20-23-16-9-8-14(21)10-15(16)17(24-20)13-6-4-3-5-7-13/h3-10H,1-2H3,(H2,22,23,24,25,26,27). The van der Waals surface area contributed by atoms with E-state index in [1.807, 2.05) is 42.5 Å². The first kappa shape index (κ1) is 17.2. The van der Waals surface area contributed by atoms with Crippen molar-refractivity contribution in [3.05, 3.63) is 75.2 Å². The quantitative estimate of drug-likeness (QED) is 0.553. The molecule has 2 N–H and O–H groups in total. The van der Waals surface area contributed by atoms with Gasteiger partial charge in [0.2, 0.25) is 11.9 Å². The third-order valence-corrected chi connectivity index (χ3v) is 4.57. The lowest BCUT2D eigenvalue weighted by Gasteiger charge is -2.11. The molecule has 2 aromatic heterocycles. The van der Waals surface area contributed by atoms with Crippen molar-refractivity contribution in [3.63, 3.8) is 0 Å². The van der Waals surface area contributed by atoms with Crippen LogP contribution in [0.3, 0.4) is 0 Å². The van der Waals surface area contributed by atoms with E-state index in [1.165, 1.54) is 0 Å². The molecule has 6 nitrogen and oxygen atoms in total. The molecule has 0 aliphatic rings. The first-order valence-electron chi connectivity index (χ1n) is 8.38. The number of nitrogens with one attached hydrogen (secondary N) is 2. The second kappa shape index (κ2) is 6.81. The highest BCUT2D eigenvalue weighted by molar-refractivity contribution is 6.31. The number of fused-ring (bicyclic) bond motifs is 1. The molecule has 2 heterocycles. The lowest BCUT2D eigenvalue weighted by atomic mass is 10.1. The first-order valence-corrected chi connectivity index (χ1v) is 8.76. The topological polar surface area (TPSA) is 83.6 Å². The highest BCUT2D eigenvalue weighted by atomic mass is 35.5. The zero-order chi connectivity index (χ0) is 19.0. The lowest BCUT2D eigenvalue weighted by Crippen LogP contribution is -2.16. The van der Waals surface area contributed by atoms with E-state index >= 15 is 0 Å². The Morgan fingerprint density at radius 2 is 1.78 bits per heavy atom. The Bertz CT molecular complexity index is 1200. The highest BCUT2D eigenvalue weighted by Gasteiger charge is 2.12. The van der Waals surface area contributed by atoms with Gasteiger partial charge in [-0.15, -0.1) is 0 Å². The second-order valence-corrected chi connectivity index (χ2v) is 6.61. The van der Waals surface area contributed by atoms with Crippen molar-refractivity contribution < 1.29 is 0 Å². The number of rotatable bonds is 3. The van der Waals surface area contributed by atoms with Crippen molar-refractivity contribution in [3.8, 4) is 11.3 Å². The van der Waals surface area contributed by atoms with E-state index in [-0.39, 0.29) is 5.56 Å². The van der Waals surface area contributed by atoms with E-state index in [2.05, 4.69) is 25.3 Å². The maximum Gasteiger partial charge on any atom is 0.255 e. The van der Waals surface area contributed by atoms with Crippen LogP contribution < -0.4 is 10.9 Å². The van der Waals surface area contributed by atoms with Crippen molar-refractivity contribution in [1.29, 1.82) is 0 Å². The maximum absolute atomic E-state index is 12.0. The van der Waals surface area contributed by atoms with Crippen LogP contribution in [-0.2, 0) is 0 Å². The van der Waals surface area contributed by atoms with Gasteiger partial charge in [0.15, 0.2) is 0 Å².